The van der Waals surface area contributed by atoms with Gasteiger partial charge in [-0.3, -0.25) is 0 Å². The Bertz CT molecular complexity index is 361. The van der Waals surface area contributed by atoms with Crippen molar-refractivity contribution in [3.63, 3.8) is 0 Å². The fraction of sp³-hybridized carbons (Fsp3) is 0.385. The quantitative estimate of drug-likeness (QED) is 0.764. The number of aliphatic hydroxyl groups is 2. The Hall–Kier alpha value is -1.48. The van der Waals surface area contributed by atoms with Crippen LogP contribution in [0, 0.1) is 0 Å². The van der Waals surface area contributed by atoms with Crippen molar-refractivity contribution in [2.45, 2.75) is 18.9 Å². The Morgan fingerprint density at radius 2 is 2.12 bits per heavy atom. The van der Waals surface area contributed by atoms with Gasteiger partial charge in [0.15, 0.2) is 5.88 Å². The maximum absolute atomic E-state index is 9.98. The highest BCUT2D eigenvalue weighted by molar-refractivity contribution is 5.50. The zero-order chi connectivity index (χ0) is 11.4. The topological polar surface area (TPSA) is 43.7 Å². The first-order valence-corrected chi connectivity index (χ1v) is 5.64. The molecule has 0 saturated carbocycles. The number of hydrogen-bond acceptors (Lipinski definition) is 3. The number of hydrogen-bond donors (Lipinski definition) is 2. The highest BCUT2D eigenvalue weighted by Gasteiger charge is 2.25. The molecule has 0 spiro atoms. The summed E-state index contributed by atoms with van der Waals surface area (Å²) in [5, 5.41) is 19.2. The summed E-state index contributed by atoms with van der Waals surface area (Å²) in [6, 6.07) is 9.78. The minimum absolute atomic E-state index is 0.0694. The van der Waals surface area contributed by atoms with Gasteiger partial charge in [0, 0.05) is 12.6 Å². The second-order valence-electron chi connectivity index (χ2n) is 4.09. The summed E-state index contributed by atoms with van der Waals surface area (Å²) in [6.45, 7) is 0.924. The average Bonchev–Trinajstić information content (AvgIpc) is 2.78. The third-order valence-electron chi connectivity index (χ3n) is 2.98. The van der Waals surface area contributed by atoms with Crippen LogP contribution in [0.1, 0.15) is 18.4 Å². The molecule has 16 heavy (non-hydrogen) atoms. The van der Waals surface area contributed by atoms with Crippen LogP contribution in [0.25, 0.3) is 6.08 Å². The highest BCUT2D eigenvalue weighted by atomic mass is 16.3. The van der Waals surface area contributed by atoms with Gasteiger partial charge in [0.1, 0.15) is 0 Å². The predicted octanol–water partition coefficient (Wildman–Crippen LogP) is 2.00. The fourth-order valence-corrected chi connectivity index (χ4v) is 2.11. The highest BCUT2D eigenvalue weighted by Crippen LogP contribution is 2.21. The minimum Gasteiger partial charge on any atom is -0.495 e. The van der Waals surface area contributed by atoms with Crippen LogP contribution in [0.2, 0.25) is 0 Å². The van der Waals surface area contributed by atoms with Crippen LogP contribution in [0.4, 0.5) is 0 Å². The summed E-state index contributed by atoms with van der Waals surface area (Å²) >= 11 is 0. The molecule has 0 unspecified atom stereocenters. The lowest BCUT2D eigenvalue weighted by Gasteiger charge is -2.23. The van der Waals surface area contributed by atoms with E-state index < -0.39 is 0 Å². The van der Waals surface area contributed by atoms with Crippen molar-refractivity contribution < 1.29 is 10.2 Å². The monoisotopic (exact) mass is 219 g/mol. The molecule has 1 aliphatic rings. The SMILES string of the molecule is OC[C@H]1CCCN1/C(O)=C\c1ccccc1. The smallest absolute Gasteiger partial charge is 0.187 e. The van der Waals surface area contributed by atoms with Crippen LogP contribution in [-0.2, 0) is 0 Å². The molecule has 1 aromatic rings. The third kappa shape index (κ3) is 2.36. The molecule has 3 nitrogen and oxygen atoms in total. The molecule has 1 saturated heterocycles. The van der Waals surface area contributed by atoms with Gasteiger partial charge < -0.3 is 15.1 Å². The molecule has 3 heteroatoms. The first-order chi connectivity index (χ1) is 7.81. The van der Waals surface area contributed by atoms with E-state index in [1.165, 1.54) is 0 Å². The summed E-state index contributed by atoms with van der Waals surface area (Å²) in [7, 11) is 0. The van der Waals surface area contributed by atoms with Crippen molar-refractivity contribution in [1.82, 2.24) is 4.90 Å². The first-order valence-electron chi connectivity index (χ1n) is 5.64. The second-order valence-corrected chi connectivity index (χ2v) is 4.09. The van der Waals surface area contributed by atoms with E-state index in [1.807, 2.05) is 35.2 Å². The van der Waals surface area contributed by atoms with Crippen LogP contribution in [-0.4, -0.2) is 34.3 Å². The van der Waals surface area contributed by atoms with Crippen LogP contribution in [0.5, 0.6) is 0 Å². The van der Waals surface area contributed by atoms with Gasteiger partial charge in [-0.1, -0.05) is 30.3 Å². The number of benzene rings is 1. The van der Waals surface area contributed by atoms with E-state index in [0.29, 0.717) is 0 Å². The van der Waals surface area contributed by atoms with Crippen LogP contribution in [0.15, 0.2) is 36.2 Å². The Morgan fingerprint density at radius 1 is 1.38 bits per heavy atom. The van der Waals surface area contributed by atoms with Gasteiger partial charge in [0.2, 0.25) is 0 Å². The summed E-state index contributed by atoms with van der Waals surface area (Å²) in [4.78, 5) is 1.87. The van der Waals surface area contributed by atoms with E-state index >= 15 is 0 Å². The lowest BCUT2D eigenvalue weighted by Crippen LogP contribution is -2.31. The molecule has 1 aromatic carbocycles. The zero-order valence-corrected chi connectivity index (χ0v) is 9.21. The number of aliphatic hydroxyl groups excluding tert-OH is 2. The fourth-order valence-electron chi connectivity index (χ4n) is 2.11. The lowest BCUT2D eigenvalue weighted by atomic mass is 10.2. The van der Waals surface area contributed by atoms with Gasteiger partial charge in [-0.05, 0) is 18.4 Å². The van der Waals surface area contributed by atoms with Gasteiger partial charge in [-0.25, -0.2) is 0 Å². The lowest BCUT2D eigenvalue weighted by molar-refractivity contribution is 0.136. The maximum atomic E-state index is 9.98. The van der Waals surface area contributed by atoms with Crippen molar-refractivity contribution in [3.05, 3.63) is 41.8 Å². The molecule has 0 radical (unpaired) electrons. The van der Waals surface area contributed by atoms with Crippen molar-refractivity contribution >= 4 is 6.08 Å². The molecule has 1 heterocycles. The molecule has 2 N–H and O–H groups in total. The largest absolute Gasteiger partial charge is 0.495 e. The number of likely N-dealkylation sites (tertiary alicyclic amines) is 1. The van der Waals surface area contributed by atoms with Crippen LogP contribution >= 0.6 is 0 Å². The Labute approximate surface area is 95.6 Å². The van der Waals surface area contributed by atoms with Crippen LogP contribution < -0.4 is 0 Å². The molecule has 0 aliphatic carbocycles. The van der Waals surface area contributed by atoms with Crippen molar-refractivity contribution in [1.29, 1.82) is 0 Å². The van der Waals surface area contributed by atoms with E-state index in [9.17, 15) is 10.2 Å². The average molecular weight is 219 g/mol. The first kappa shape index (κ1) is 11.0. The van der Waals surface area contributed by atoms with E-state index in [2.05, 4.69) is 0 Å². The van der Waals surface area contributed by atoms with Gasteiger partial charge in [-0.15, -0.1) is 0 Å². The van der Waals surface area contributed by atoms with Gasteiger partial charge >= 0.3 is 0 Å². The number of nitrogens with zero attached hydrogens (tertiary/aromatic N) is 1. The molecule has 0 amide bonds. The third-order valence-corrected chi connectivity index (χ3v) is 2.98. The van der Waals surface area contributed by atoms with Gasteiger partial charge in [0.05, 0.1) is 12.6 Å². The van der Waals surface area contributed by atoms with E-state index in [4.69, 9.17) is 0 Å². The maximum Gasteiger partial charge on any atom is 0.187 e. The molecule has 1 atom stereocenters. The number of rotatable bonds is 3. The van der Waals surface area contributed by atoms with E-state index in [0.717, 1.165) is 24.9 Å². The van der Waals surface area contributed by atoms with Crippen molar-refractivity contribution in [2.75, 3.05) is 13.2 Å². The molecule has 0 bridgehead atoms. The summed E-state index contributed by atoms with van der Waals surface area (Å²) < 4.78 is 0. The minimum atomic E-state index is 0.0694. The second kappa shape index (κ2) is 5.03. The summed E-state index contributed by atoms with van der Waals surface area (Å²) in [6.07, 6.45) is 3.72. The summed E-state index contributed by atoms with van der Waals surface area (Å²) in [5.41, 5.74) is 0.976. The Morgan fingerprint density at radius 3 is 2.81 bits per heavy atom. The molecule has 2 rings (SSSR count). The molecule has 86 valence electrons. The molecule has 1 aliphatic heterocycles. The molecular formula is C13H17NO2. The Balaban J connectivity index is 2.12. The van der Waals surface area contributed by atoms with Crippen LogP contribution in [0.3, 0.4) is 0 Å². The van der Waals surface area contributed by atoms with Gasteiger partial charge in [-0.2, -0.15) is 0 Å². The van der Waals surface area contributed by atoms with E-state index in [-0.39, 0.29) is 18.5 Å². The predicted molar refractivity (Wildman–Crippen MR) is 63.9 cm³/mol. The molecular weight excluding hydrogens is 202 g/mol. The molecule has 0 aromatic heterocycles. The standard InChI is InChI=1S/C13H17NO2/c15-10-12-7-4-8-14(12)13(16)9-11-5-2-1-3-6-11/h1-3,5-6,9,12,15-16H,4,7-8,10H2/b13-9+/t12-/m1/s1. The van der Waals surface area contributed by atoms with Gasteiger partial charge in [0.25, 0.3) is 0 Å². The van der Waals surface area contributed by atoms with Crippen molar-refractivity contribution in [3.8, 4) is 0 Å². The zero-order valence-electron chi connectivity index (χ0n) is 9.21. The van der Waals surface area contributed by atoms with Crippen molar-refractivity contribution in [2.24, 2.45) is 0 Å². The van der Waals surface area contributed by atoms with E-state index in [1.54, 1.807) is 6.08 Å². The Kier molecular flexibility index (Phi) is 3.47. The summed E-state index contributed by atoms with van der Waals surface area (Å²) in [5.74, 6) is 0.253. The normalized spacial score (nSPS) is 21.4. The molecule has 1 fully saturated rings.